The molecule has 3 aliphatic heterocycles. The highest BCUT2D eigenvalue weighted by Crippen LogP contribution is 2.55. The summed E-state index contributed by atoms with van der Waals surface area (Å²) in [4.78, 5) is 58.0. The van der Waals surface area contributed by atoms with Gasteiger partial charge in [0.1, 0.15) is 24.0 Å². The third-order valence-corrected chi connectivity index (χ3v) is 13.1. The zero-order valence-electron chi connectivity index (χ0n) is 33.3. The molecule has 14 heteroatoms. The maximum atomic E-state index is 13.5. The van der Waals surface area contributed by atoms with Crippen LogP contribution >= 0.6 is 11.6 Å². The van der Waals surface area contributed by atoms with E-state index in [1.807, 2.05) is 30.3 Å². The number of benzene rings is 3. The van der Waals surface area contributed by atoms with Gasteiger partial charge in [-0.05, 0) is 73.4 Å². The number of carbonyl (C=O) groups is 3. The van der Waals surface area contributed by atoms with Crippen molar-refractivity contribution in [2.45, 2.75) is 65.1 Å². The van der Waals surface area contributed by atoms with Crippen LogP contribution in [0.2, 0.25) is 5.02 Å². The minimum atomic E-state index is -0.785. The summed E-state index contributed by atoms with van der Waals surface area (Å²) in [5.41, 5.74) is 2.17. The molecule has 4 aromatic rings. The molecule has 58 heavy (non-hydrogen) atoms. The number of hydrogen-bond acceptors (Lipinski definition) is 10. The maximum absolute atomic E-state index is 13.5. The third kappa shape index (κ3) is 7.39. The molecule has 1 aliphatic carbocycles. The number of aromatic nitrogens is 2. The van der Waals surface area contributed by atoms with E-state index in [1.54, 1.807) is 24.4 Å². The Balaban J connectivity index is 0.812. The molecule has 0 radical (unpaired) electrons. The van der Waals surface area contributed by atoms with Crippen molar-refractivity contribution in [2.24, 2.45) is 16.7 Å². The van der Waals surface area contributed by atoms with Crippen molar-refractivity contribution in [1.82, 2.24) is 25.3 Å². The molecule has 4 aliphatic rings. The Labute approximate surface area is 342 Å². The number of amides is 3. The number of nitrogens with zero attached hydrogens (tertiary/aromatic N) is 6. The van der Waals surface area contributed by atoms with Gasteiger partial charge in [-0.2, -0.15) is 10.4 Å². The molecule has 1 aromatic heterocycles. The van der Waals surface area contributed by atoms with Crippen molar-refractivity contribution < 1.29 is 19.1 Å². The topological polar surface area (TPSA) is 153 Å². The smallest absolute Gasteiger partial charge is 0.275 e. The lowest BCUT2D eigenvalue weighted by atomic mass is 9.49. The molecule has 4 fully saturated rings. The number of ether oxygens (including phenoxy) is 1. The Morgan fingerprint density at radius 1 is 0.931 bits per heavy atom. The fourth-order valence-electron chi connectivity index (χ4n) is 9.89. The second-order valence-electron chi connectivity index (χ2n) is 17.4. The van der Waals surface area contributed by atoms with Crippen LogP contribution in [-0.2, 0) is 9.59 Å². The molecule has 1 unspecified atom stereocenters. The third-order valence-electron chi connectivity index (χ3n) is 12.8. The predicted molar refractivity (Wildman–Crippen MR) is 222 cm³/mol. The van der Waals surface area contributed by atoms with E-state index in [2.05, 4.69) is 76.3 Å². The van der Waals surface area contributed by atoms with E-state index in [0.29, 0.717) is 33.2 Å². The Kier molecular flexibility index (Phi) is 10.4. The van der Waals surface area contributed by atoms with Crippen molar-refractivity contribution in [3.05, 3.63) is 93.4 Å². The Morgan fingerprint density at radius 2 is 1.66 bits per heavy atom. The van der Waals surface area contributed by atoms with Crippen LogP contribution in [0.3, 0.4) is 0 Å². The van der Waals surface area contributed by atoms with Gasteiger partial charge in [0.05, 0.1) is 22.2 Å². The minimum Gasteiger partial charge on any atom is -0.489 e. The number of anilines is 2. The number of piperazine rings is 1. The quantitative estimate of drug-likeness (QED) is 0.217. The van der Waals surface area contributed by atoms with Crippen LogP contribution in [0.15, 0.2) is 71.7 Å². The normalized spacial score (nSPS) is 24.2. The number of halogens is 1. The summed E-state index contributed by atoms with van der Waals surface area (Å²) in [6.45, 7) is 15.0. The lowest BCUT2D eigenvalue weighted by Gasteiger charge is -2.63. The van der Waals surface area contributed by atoms with Gasteiger partial charge in [-0.15, -0.1) is 0 Å². The molecular formula is C44H49ClN8O5. The lowest BCUT2D eigenvalue weighted by Crippen LogP contribution is -2.74. The average molecular weight is 805 g/mol. The van der Waals surface area contributed by atoms with Gasteiger partial charge in [0.2, 0.25) is 5.91 Å². The molecule has 3 saturated heterocycles. The number of piperidine rings is 1. The lowest BCUT2D eigenvalue weighted by molar-refractivity contribution is -0.164. The summed E-state index contributed by atoms with van der Waals surface area (Å²) in [5, 5.41) is 20.7. The van der Waals surface area contributed by atoms with Crippen LogP contribution in [0, 0.1) is 28.1 Å². The first kappa shape index (κ1) is 39.4. The number of hydrogen-bond donors (Lipinski definition) is 2. The molecule has 4 heterocycles. The van der Waals surface area contributed by atoms with Crippen LogP contribution < -0.4 is 30.7 Å². The van der Waals surface area contributed by atoms with Gasteiger partial charge in [-0.3, -0.25) is 29.4 Å². The number of imide groups is 1. The number of fused-ring (bicyclic) bond motifs is 1. The summed E-state index contributed by atoms with van der Waals surface area (Å²) >= 11 is 6.26. The fourth-order valence-corrected chi connectivity index (χ4v) is 10.1. The van der Waals surface area contributed by atoms with Crippen molar-refractivity contribution in [3.8, 4) is 11.8 Å². The largest absolute Gasteiger partial charge is 0.489 e. The van der Waals surface area contributed by atoms with E-state index in [4.69, 9.17) is 16.3 Å². The summed E-state index contributed by atoms with van der Waals surface area (Å²) < 4.78 is 7.59. The van der Waals surface area contributed by atoms with E-state index in [9.17, 15) is 24.4 Å². The van der Waals surface area contributed by atoms with Crippen molar-refractivity contribution in [1.29, 1.82) is 5.26 Å². The predicted octanol–water partition coefficient (Wildman–Crippen LogP) is 5.16. The molecule has 13 nitrogen and oxygen atoms in total. The molecule has 2 atom stereocenters. The highest BCUT2D eigenvalue weighted by Gasteiger charge is 2.64. The van der Waals surface area contributed by atoms with E-state index in [0.717, 1.165) is 69.0 Å². The molecule has 3 aromatic carbocycles. The standard InChI is InChI=1S/C44H49ClN8O5/c1-43(2)41(44(3,4)42(43)58-33-11-7-29(23-46)35(45)22-33)49-38(55)28-5-8-31(9-6-28)52-16-15-27(26-52)25-50-17-19-51(20-18-50)32-10-12-34-30(21-32)24-47-53(40(34)57)36-13-14-37(54)48-39(36)56/h5-12,21-22,24,27,36,41-42H,13-20,25-26H2,1-4H3,(H,49,55)(H,48,54,56)/t27?,36-,41?,42?/m0/s1. The van der Waals surface area contributed by atoms with Crippen LogP contribution in [0.1, 0.15) is 68.9 Å². The van der Waals surface area contributed by atoms with Crippen molar-refractivity contribution in [2.75, 3.05) is 55.6 Å². The summed E-state index contributed by atoms with van der Waals surface area (Å²) in [6, 6.07) is 20.0. The number of carbonyl (C=O) groups excluding carboxylic acids is 3. The SMILES string of the molecule is CC1(C)C(NC(=O)c2ccc(N3CCC(CN4CCN(c5ccc6c(=O)n([C@H]7CCC(=O)NC7=O)ncc6c5)CC4)C3)cc2)C(C)(C)C1Oc1ccc(C#N)c(Cl)c1. The van der Waals surface area contributed by atoms with Gasteiger partial charge in [0, 0.05) is 97.5 Å². The molecule has 1 saturated carbocycles. The van der Waals surface area contributed by atoms with Gasteiger partial charge < -0.3 is 19.9 Å². The molecule has 2 N–H and O–H groups in total. The number of rotatable bonds is 9. The Bertz CT molecular complexity index is 2350. The van der Waals surface area contributed by atoms with Gasteiger partial charge in [-0.25, -0.2) is 4.68 Å². The van der Waals surface area contributed by atoms with E-state index >= 15 is 0 Å². The molecule has 8 rings (SSSR count). The molecule has 302 valence electrons. The van der Waals surface area contributed by atoms with Gasteiger partial charge in [-0.1, -0.05) is 39.3 Å². The van der Waals surface area contributed by atoms with Crippen LogP contribution in [0.4, 0.5) is 11.4 Å². The number of nitriles is 1. The summed E-state index contributed by atoms with van der Waals surface area (Å²) in [6.07, 6.45) is 3.01. The fraction of sp³-hybridized carbons (Fsp3) is 0.455. The second kappa shape index (κ2) is 15.4. The summed E-state index contributed by atoms with van der Waals surface area (Å²) in [7, 11) is 0. The first-order valence-electron chi connectivity index (χ1n) is 20.1. The van der Waals surface area contributed by atoms with Gasteiger partial charge in [0.25, 0.3) is 17.4 Å². The van der Waals surface area contributed by atoms with Crippen molar-refractivity contribution >= 4 is 51.5 Å². The average Bonchev–Trinajstić information content (AvgIpc) is 3.68. The Morgan fingerprint density at radius 3 is 2.34 bits per heavy atom. The van der Waals surface area contributed by atoms with E-state index in [1.165, 1.54) is 4.68 Å². The van der Waals surface area contributed by atoms with Gasteiger partial charge in [0.15, 0.2) is 0 Å². The first-order valence-corrected chi connectivity index (χ1v) is 20.5. The highest BCUT2D eigenvalue weighted by molar-refractivity contribution is 6.31. The summed E-state index contributed by atoms with van der Waals surface area (Å²) in [5.74, 6) is 0.223. The zero-order chi connectivity index (χ0) is 40.9. The van der Waals surface area contributed by atoms with Crippen molar-refractivity contribution in [3.63, 3.8) is 0 Å². The van der Waals surface area contributed by atoms with Gasteiger partial charge >= 0.3 is 0 Å². The molecule has 3 amide bonds. The second-order valence-corrected chi connectivity index (χ2v) is 17.8. The molecule has 0 bridgehead atoms. The van der Waals surface area contributed by atoms with Crippen LogP contribution in [-0.4, -0.2) is 90.4 Å². The maximum Gasteiger partial charge on any atom is 0.275 e. The van der Waals surface area contributed by atoms with Crippen LogP contribution in [0.5, 0.6) is 5.75 Å². The first-order chi connectivity index (χ1) is 27.7. The zero-order valence-corrected chi connectivity index (χ0v) is 34.1. The van der Waals surface area contributed by atoms with E-state index in [-0.39, 0.29) is 53.2 Å². The monoisotopic (exact) mass is 804 g/mol. The van der Waals surface area contributed by atoms with E-state index < -0.39 is 11.9 Å². The minimum absolute atomic E-state index is 0.107. The number of nitrogens with one attached hydrogen (secondary N) is 2. The molecule has 0 spiro atoms. The Hall–Kier alpha value is -5.45. The van der Waals surface area contributed by atoms with Crippen LogP contribution in [0.25, 0.3) is 10.8 Å². The highest BCUT2D eigenvalue weighted by atomic mass is 35.5. The molecular weight excluding hydrogens is 756 g/mol.